The minimum atomic E-state index is -4.59. The Bertz CT molecular complexity index is 963. The predicted molar refractivity (Wildman–Crippen MR) is 110 cm³/mol. The maximum Gasteiger partial charge on any atom is 0.421 e. The maximum atomic E-state index is 13.4. The van der Waals surface area contributed by atoms with Gasteiger partial charge in [-0.2, -0.15) is 18.2 Å². The lowest BCUT2D eigenvalue weighted by Crippen LogP contribution is -2.17. The number of halogens is 4. The van der Waals surface area contributed by atoms with Crippen molar-refractivity contribution < 1.29 is 17.9 Å². The Labute approximate surface area is 174 Å². The molecule has 29 heavy (non-hydrogen) atoms. The molecule has 0 amide bonds. The van der Waals surface area contributed by atoms with Crippen LogP contribution in [0, 0.1) is 0 Å². The zero-order valence-corrected chi connectivity index (χ0v) is 17.3. The number of aromatic nitrogens is 2. The van der Waals surface area contributed by atoms with Crippen LogP contribution in [0.25, 0.3) is 0 Å². The first-order chi connectivity index (χ1) is 13.8. The second-order valence-electron chi connectivity index (χ2n) is 6.05. The monoisotopic (exact) mass is 466 g/mol. The van der Waals surface area contributed by atoms with E-state index in [0.717, 1.165) is 10.7 Å². The molecule has 2 aromatic carbocycles. The molecule has 0 aliphatic carbocycles. The molecule has 3 aromatic rings. The highest BCUT2D eigenvalue weighted by Gasteiger charge is 2.35. The van der Waals surface area contributed by atoms with Crippen LogP contribution in [-0.4, -0.2) is 23.6 Å². The highest BCUT2D eigenvalue weighted by atomic mass is 79.9. The van der Waals surface area contributed by atoms with Gasteiger partial charge in [0.1, 0.15) is 17.1 Å². The second kappa shape index (κ2) is 8.69. The fourth-order valence-corrected chi connectivity index (χ4v) is 2.82. The third-order valence-corrected chi connectivity index (χ3v) is 4.55. The third-order valence-electron chi connectivity index (χ3n) is 4.02. The molecule has 0 saturated heterocycles. The maximum absolute atomic E-state index is 13.4. The first-order valence-electron chi connectivity index (χ1n) is 8.71. The summed E-state index contributed by atoms with van der Waals surface area (Å²) in [6.45, 7) is 2.43. The number of nitrogens with one attached hydrogen (secondary N) is 1. The molecule has 0 aliphatic rings. The van der Waals surface area contributed by atoms with Gasteiger partial charge in [0.15, 0.2) is 0 Å². The van der Waals surface area contributed by atoms with E-state index in [0.29, 0.717) is 23.7 Å². The van der Waals surface area contributed by atoms with E-state index in [1.54, 1.807) is 60.5 Å². The lowest BCUT2D eigenvalue weighted by atomic mass is 10.2. The summed E-state index contributed by atoms with van der Waals surface area (Å²) in [7, 11) is 1.68. The van der Waals surface area contributed by atoms with Gasteiger partial charge in [0, 0.05) is 29.1 Å². The summed E-state index contributed by atoms with van der Waals surface area (Å²) in [5.41, 5.74) is 0.249. The molecule has 9 heteroatoms. The number of benzene rings is 2. The van der Waals surface area contributed by atoms with Gasteiger partial charge in [0.2, 0.25) is 5.95 Å². The highest BCUT2D eigenvalue weighted by molar-refractivity contribution is 9.10. The Morgan fingerprint density at radius 3 is 2.31 bits per heavy atom. The van der Waals surface area contributed by atoms with Crippen molar-refractivity contribution in [3.8, 4) is 5.75 Å². The fourth-order valence-electron chi connectivity index (χ4n) is 2.55. The largest absolute Gasteiger partial charge is 0.494 e. The fraction of sp³-hybridized carbons (Fsp3) is 0.200. The molecule has 0 radical (unpaired) electrons. The van der Waals surface area contributed by atoms with Crippen molar-refractivity contribution in [1.29, 1.82) is 0 Å². The van der Waals surface area contributed by atoms with Crippen LogP contribution < -0.4 is 15.0 Å². The van der Waals surface area contributed by atoms with E-state index in [-0.39, 0.29) is 11.8 Å². The van der Waals surface area contributed by atoms with Crippen molar-refractivity contribution >= 4 is 39.1 Å². The third kappa shape index (κ3) is 5.17. The molecule has 0 bridgehead atoms. The number of nitrogens with zero attached hydrogens (tertiary/aromatic N) is 3. The highest BCUT2D eigenvalue weighted by Crippen LogP contribution is 2.36. The van der Waals surface area contributed by atoms with Crippen LogP contribution in [0.4, 0.5) is 36.3 Å². The van der Waals surface area contributed by atoms with Crippen molar-refractivity contribution in [2.45, 2.75) is 13.1 Å². The van der Waals surface area contributed by atoms with Gasteiger partial charge in [-0.15, -0.1) is 0 Å². The number of rotatable bonds is 6. The number of anilines is 4. The van der Waals surface area contributed by atoms with Crippen molar-refractivity contribution in [2.75, 3.05) is 23.9 Å². The molecular formula is C20H18BrF3N4O. The van der Waals surface area contributed by atoms with E-state index in [4.69, 9.17) is 4.74 Å². The quantitative estimate of drug-likeness (QED) is 0.470. The van der Waals surface area contributed by atoms with Gasteiger partial charge in [-0.25, -0.2) is 4.98 Å². The summed E-state index contributed by atoms with van der Waals surface area (Å²) in [4.78, 5) is 9.65. The molecule has 1 N–H and O–H groups in total. The average Bonchev–Trinajstić information content (AvgIpc) is 2.69. The van der Waals surface area contributed by atoms with E-state index >= 15 is 0 Å². The molecule has 152 valence electrons. The van der Waals surface area contributed by atoms with E-state index in [1.807, 2.05) is 6.92 Å². The molecule has 0 aliphatic heterocycles. The van der Waals surface area contributed by atoms with Crippen molar-refractivity contribution in [2.24, 2.45) is 0 Å². The summed E-state index contributed by atoms with van der Waals surface area (Å²) in [5, 5.41) is 2.74. The minimum absolute atomic E-state index is 0.127. The van der Waals surface area contributed by atoms with E-state index in [9.17, 15) is 13.2 Å². The molecule has 0 saturated carbocycles. The minimum Gasteiger partial charge on any atom is -0.494 e. The van der Waals surface area contributed by atoms with Crippen molar-refractivity contribution in [3.05, 3.63) is 64.8 Å². The standard InChI is InChI=1S/C20H18BrF3N4O/c1-3-29-16-10-8-15(9-11-16)28(2)19-25-12-17(20(22,23)24)18(27-19)26-14-6-4-13(21)5-7-14/h4-12H,3H2,1-2H3,(H,25,26,27). The van der Waals surface area contributed by atoms with Gasteiger partial charge >= 0.3 is 6.18 Å². The molecular weight excluding hydrogens is 449 g/mol. The lowest BCUT2D eigenvalue weighted by molar-refractivity contribution is -0.137. The van der Waals surface area contributed by atoms with Crippen molar-refractivity contribution in [1.82, 2.24) is 9.97 Å². The molecule has 0 unspecified atom stereocenters. The molecule has 1 heterocycles. The normalized spacial score (nSPS) is 11.2. The molecule has 0 spiro atoms. The Hall–Kier alpha value is -2.81. The van der Waals surface area contributed by atoms with Crippen molar-refractivity contribution in [3.63, 3.8) is 0 Å². The number of alkyl halides is 3. The van der Waals surface area contributed by atoms with Gasteiger partial charge in [-0.3, -0.25) is 0 Å². The van der Waals surface area contributed by atoms with Gasteiger partial charge in [0.25, 0.3) is 0 Å². The predicted octanol–water partition coefficient (Wildman–Crippen LogP) is 6.17. The first kappa shape index (κ1) is 20.9. The molecule has 3 rings (SSSR count). The topological polar surface area (TPSA) is 50.3 Å². The summed E-state index contributed by atoms with van der Waals surface area (Å²) in [6, 6.07) is 13.9. The Morgan fingerprint density at radius 1 is 1.07 bits per heavy atom. The SMILES string of the molecule is CCOc1ccc(N(C)c2ncc(C(F)(F)F)c(Nc3ccc(Br)cc3)n2)cc1. The average molecular weight is 467 g/mol. The van der Waals surface area contributed by atoms with E-state index < -0.39 is 11.7 Å². The Morgan fingerprint density at radius 2 is 1.72 bits per heavy atom. The van der Waals surface area contributed by atoms with E-state index in [1.165, 1.54) is 0 Å². The molecule has 0 atom stereocenters. The van der Waals surface area contributed by atoms with Crippen LogP contribution in [0.5, 0.6) is 5.75 Å². The lowest BCUT2D eigenvalue weighted by Gasteiger charge is -2.20. The Kier molecular flexibility index (Phi) is 6.26. The summed E-state index contributed by atoms with van der Waals surface area (Å²) >= 11 is 3.30. The zero-order chi connectivity index (χ0) is 21.0. The Balaban J connectivity index is 1.94. The van der Waals surface area contributed by atoms with Gasteiger partial charge < -0.3 is 15.0 Å². The van der Waals surface area contributed by atoms with Gasteiger partial charge in [-0.05, 0) is 55.5 Å². The number of ether oxygens (including phenoxy) is 1. The second-order valence-corrected chi connectivity index (χ2v) is 6.96. The van der Waals surface area contributed by atoms with Crippen LogP contribution in [0.1, 0.15) is 12.5 Å². The van der Waals surface area contributed by atoms with Crippen LogP contribution in [-0.2, 0) is 6.18 Å². The van der Waals surface area contributed by atoms with Gasteiger partial charge in [-0.1, -0.05) is 15.9 Å². The smallest absolute Gasteiger partial charge is 0.421 e. The summed E-state index contributed by atoms with van der Waals surface area (Å²) in [6.07, 6.45) is -3.80. The molecule has 5 nitrogen and oxygen atoms in total. The van der Waals surface area contributed by atoms with Crippen LogP contribution in [0.3, 0.4) is 0 Å². The number of hydrogen-bond donors (Lipinski definition) is 1. The van der Waals surface area contributed by atoms with Crippen LogP contribution in [0.2, 0.25) is 0 Å². The van der Waals surface area contributed by atoms with Gasteiger partial charge in [0.05, 0.1) is 6.61 Å². The first-order valence-corrected chi connectivity index (χ1v) is 9.50. The van der Waals surface area contributed by atoms with Crippen LogP contribution in [0.15, 0.2) is 59.2 Å². The molecule has 0 fully saturated rings. The zero-order valence-electron chi connectivity index (χ0n) is 15.7. The summed E-state index contributed by atoms with van der Waals surface area (Å²) in [5.74, 6) is 0.514. The summed E-state index contributed by atoms with van der Waals surface area (Å²) < 4.78 is 46.5. The number of hydrogen-bond acceptors (Lipinski definition) is 5. The molecule has 1 aromatic heterocycles. The van der Waals surface area contributed by atoms with E-state index in [2.05, 4.69) is 31.2 Å². The van der Waals surface area contributed by atoms with Crippen LogP contribution >= 0.6 is 15.9 Å².